The number of nitrogens with two attached hydrogens (primary N) is 1. The molecule has 1 amide bonds. The fourth-order valence-electron chi connectivity index (χ4n) is 3.45. The highest BCUT2D eigenvalue weighted by Gasteiger charge is 2.70. The zero-order valence-corrected chi connectivity index (χ0v) is 13.3. The Hall–Kier alpha value is -1.10. The second-order valence-corrected chi connectivity index (χ2v) is 7.76. The summed E-state index contributed by atoms with van der Waals surface area (Å²) in [6.45, 7) is 10.7. The minimum Gasteiger partial charge on any atom is -0.467 e. The molecule has 1 aliphatic carbocycles. The zero-order chi connectivity index (χ0) is 15.5. The van der Waals surface area contributed by atoms with Crippen LogP contribution in [0.1, 0.15) is 34.6 Å². The van der Waals surface area contributed by atoms with Crippen molar-refractivity contribution in [1.82, 2.24) is 4.90 Å². The first-order valence-electron chi connectivity index (χ1n) is 7.17. The molecule has 1 aliphatic heterocycles. The molecule has 1 saturated carbocycles. The molecule has 2 aliphatic rings. The fourth-order valence-corrected chi connectivity index (χ4v) is 3.45. The maximum atomic E-state index is 12.6. The third-order valence-corrected chi connectivity index (χ3v) is 5.13. The van der Waals surface area contributed by atoms with Gasteiger partial charge in [-0.3, -0.25) is 4.79 Å². The molecule has 2 rings (SSSR count). The van der Waals surface area contributed by atoms with Gasteiger partial charge in [-0.1, -0.05) is 34.6 Å². The predicted molar refractivity (Wildman–Crippen MR) is 75.7 cm³/mol. The Morgan fingerprint density at radius 1 is 1.35 bits per heavy atom. The van der Waals surface area contributed by atoms with Crippen LogP contribution in [0.15, 0.2) is 0 Å². The number of nitrogens with zero attached hydrogens (tertiary/aromatic N) is 1. The van der Waals surface area contributed by atoms with Gasteiger partial charge in [-0.15, -0.1) is 0 Å². The van der Waals surface area contributed by atoms with Crippen LogP contribution < -0.4 is 5.73 Å². The van der Waals surface area contributed by atoms with Gasteiger partial charge in [0, 0.05) is 12.5 Å². The predicted octanol–water partition coefficient (Wildman–Crippen LogP) is 1.02. The van der Waals surface area contributed by atoms with Crippen molar-refractivity contribution in [2.24, 2.45) is 28.4 Å². The summed E-state index contributed by atoms with van der Waals surface area (Å²) in [4.78, 5) is 26.3. The second-order valence-electron chi connectivity index (χ2n) is 7.76. The number of hydrogen-bond donors (Lipinski definition) is 1. The molecule has 1 heterocycles. The average Bonchev–Trinajstić information content (AvgIpc) is 2.75. The molecule has 5 heteroatoms. The van der Waals surface area contributed by atoms with Gasteiger partial charge in [0.2, 0.25) is 5.91 Å². The maximum absolute atomic E-state index is 12.6. The van der Waals surface area contributed by atoms with Crippen LogP contribution in [0, 0.1) is 22.7 Å². The van der Waals surface area contributed by atoms with Crippen molar-refractivity contribution in [3.63, 3.8) is 0 Å². The van der Waals surface area contributed by atoms with Crippen LogP contribution in [-0.4, -0.2) is 42.5 Å². The number of amides is 1. The van der Waals surface area contributed by atoms with Crippen LogP contribution in [0.2, 0.25) is 0 Å². The molecule has 0 aromatic heterocycles. The van der Waals surface area contributed by atoms with Gasteiger partial charge in [0.25, 0.3) is 0 Å². The van der Waals surface area contributed by atoms with Gasteiger partial charge in [0.15, 0.2) is 0 Å². The summed E-state index contributed by atoms with van der Waals surface area (Å²) in [5.41, 5.74) is 5.86. The lowest BCUT2D eigenvalue weighted by molar-refractivity contribution is -0.154. The van der Waals surface area contributed by atoms with Gasteiger partial charge in [-0.2, -0.15) is 0 Å². The highest BCUT2D eigenvalue weighted by molar-refractivity contribution is 5.89. The van der Waals surface area contributed by atoms with Crippen LogP contribution in [0.3, 0.4) is 0 Å². The Morgan fingerprint density at radius 3 is 2.35 bits per heavy atom. The van der Waals surface area contributed by atoms with E-state index in [1.165, 1.54) is 7.11 Å². The molecular formula is C15H26N2O3. The zero-order valence-electron chi connectivity index (χ0n) is 13.3. The molecule has 0 radical (unpaired) electrons. The number of ether oxygens (including phenoxy) is 1. The molecule has 0 aromatic carbocycles. The lowest BCUT2D eigenvalue weighted by atomic mass is 9.91. The standard InChI is InChI=1S/C15H26N2O3/c1-14(2,3)11(16)12(18)17-7-8-9(15(8,4)5)10(17)13(19)20-6/h8-11H,7,16H2,1-6H3/t8-,9-,10-,11+/m0/s1/i12+1. The van der Waals surface area contributed by atoms with Crippen molar-refractivity contribution >= 4 is 11.9 Å². The number of methoxy groups -OCH3 is 1. The van der Waals surface area contributed by atoms with Crippen LogP contribution in [0.5, 0.6) is 0 Å². The first-order chi connectivity index (χ1) is 9.03. The molecule has 0 aromatic rings. The molecule has 5 nitrogen and oxygen atoms in total. The number of fused-ring (bicyclic) bond motifs is 1. The molecule has 0 unspecified atom stereocenters. The minimum absolute atomic E-state index is 0.113. The summed E-state index contributed by atoms with van der Waals surface area (Å²) in [5.74, 6) is 0.113. The molecule has 4 atom stereocenters. The highest BCUT2D eigenvalue weighted by atomic mass is 16.5. The SMILES string of the molecule is COC(=O)[C@@H]1[C@@H]2[C@H](CN1[13C](=O)[C@@H](N)C(C)(C)C)C2(C)C. The van der Waals surface area contributed by atoms with E-state index >= 15 is 0 Å². The quantitative estimate of drug-likeness (QED) is 0.606. The smallest absolute Gasteiger partial charge is 0.328 e. The molecule has 0 spiro atoms. The van der Waals surface area contributed by atoms with Crippen molar-refractivity contribution in [1.29, 1.82) is 0 Å². The lowest BCUT2D eigenvalue weighted by Gasteiger charge is -2.35. The van der Waals surface area contributed by atoms with E-state index in [4.69, 9.17) is 10.5 Å². The van der Waals surface area contributed by atoms with E-state index in [0.29, 0.717) is 12.5 Å². The summed E-state index contributed by atoms with van der Waals surface area (Å²) in [6, 6.07) is -1.07. The number of hydrogen-bond acceptors (Lipinski definition) is 4. The lowest BCUT2D eigenvalue weighted by Crippen LogP contribution is -2.55. The summed E-state index contributed by atoms with van der Waals surface area (Å²) < 4.78 is 4.90. The van der Waals surface area contributed by atoms with E-state index in [9.17, 15) is 9.59 Å². The van der Waals surface area contributed by atoms with Gasteiger partial charge in [0.1, 0.15) is 6.04 Å². The van der Waals surface area contributed by atoms with Crippen LogP contribution in [-0.2, 0) is 14.3 Å². The molecule has 20 heavy (non-hydrogen) atoms. The number of carbonyl (C=O) groups excluding carboxylic acids is 2. The number of rotatable bonds is 2. The molecule has 2 N–H and O–H groups in total. The topological polar surface area (TPSA) is 72.6 Å². The third-order valence-electron chi connectivity index (χ3n) is 5.13. The van der Waals surface area contributed by atoms with E-state index in [-0.39, 0.29) is 28.6 Å². The minimum atomic E-state index is -0.602. The average molecular weight is 283 g/mol. The summed E-state index contributed by atoms with van der Waals surface area (Å²) >= 11 is 0. The van der Waals surface area contributed by atoms with Gasteiger partial charge in [0.05, 0.1) is 13.2 Å². The Morgan fingerprint density at radius 2 is 1.90 bits per heavy atom. The molecule has 2 fully saturated rings. The number of likely N-dealkylation sites (tertiary alicyclic amines) is 1. The monoisotopic (exact) mass is 283 g/mol. The fraction of sp³-hybridized carbons (Fsp3) is 0.867. The normalized spacial score (nSPS) is 32.5. The van der Waals surface area contributed by atoms with Gasteiger partial charge in [-0.25, -0.2) is 4.79 Å². The number of piperidine rings is 1. The molecule has 1 saturated heterocycles. The van der Waals surface area contributed by atoms with Crippen molar-refractivity contribution in [2.45, 2.75) is 46.7 Å². The summed E-state index contributed by atoms with van der Waals surface area (Å²) in [5, 5.41) is 0. The van der Waals surface area contributed by atoms with E-state index in [1.54, 1.807) is 4.90 Å². The van der Waals surface area contributed by atoms with Gasteiger partial charge in [-0.05, 0) is 16.7 Å². The van der Waals surface area contributed by atoms with Crippen LogP contribution in [0.4, 0.5) is 0 Å². The van der Waals surface area contributed by atoms with E-state index in [2.05, 4.69) is 13.8 Å². The second kappa shape index (κ2) is 4.45. The molecule has 114 valence electrons. The highest BCUT2D eigenvalue weighted by Crippen LogP contribution is 2.65. The Balaban J connectivity index is 2.21. The van der Waals surface area contributed by atoms with Gasteiger partial charge >= 0.3 is 5.97 Å². The van der Waals surface area contributed by atoms with Crippen molar-refractivity contribution in [2.75, 3.05) is 13.7 Å². The Kier molecular flexibility index (Phi) is 3.40. The molecule has 0 bridgehead atoms. The summed E-state index contributed by atoms with van der Waals surface area (Å²) in [7, 11) is 1.37. The van der Waals surface area contributed by atoms with Crippen molar-refractivity contribution < 1.29 is 14.3 Å². The van der Waals surface area contributed by atoms with Crippen molar-refractivity contribution in [3.05, 3.63) is 0 Å². The van der Waals surface area contributed by atoms with Crippen LogP contribution >= 0.6 is 0 Å². The molecular weight excluding hydrogens is 257 g/mol. The van der Waals surface area contributed by atoms with E-state index in [0.717, 1.165) is 0 Å². The van der Waals surface area contributed by atoms with E-state index < -0.39 is 12.1 Å². The van der Waals surface area contributed by atoms with Crippen molar-refractivity contribution in [3.8, 4) is 0 Å². The Labute approximate surface area is 120 Å². The van der Waals surface area contributed by atoms with Crippen LogP contribution in [0.25, 0.3) is 0 Å². The maximum Gasteiger partial charge on any atom is 0.328 e. The number of carbonyl (C=O) groups is 2. The van der Waals surface area contributed by atoms with E-state index in [1.807, 2.05) is 20.8 Å². The largest absolute Gasteiger partial charge is 0.467 e. The first kappa shape index (κ1) is 15.3. The van der Waals surface area contributed by atoms with Gasteiger partial charge < -0.3 is 15.4 Å². The summed E-state index contributed by atoms with van der Waals surface area (Å²) in [6.07, 6.45) is 0. The first-order valence-corrected chi connectivity index (χ1v) is 7.17. The number of esters is 1. The third kappa shape index (κ3) is 2.12. The Bertz CT molecular complexity index is 439.